The van der Waals surface area contributed by atoms with Crippen molar-refractivity contribution < 1.29 is 9.18 Å². The quantitative estimate of drug-likeness (QED) is 0.840. The van der Waals surface area contributed by atoms with Crippen molar-refractivity contribution in [2.45, 2.75) is 20.4 Å². The minimum Gasteiger partial charge on any atom is -0.341 e. The zero-order valence-electron chi connectivity index (χ0n) is 11.2. The van der Waals surface area contributed by atoms with Crippen LogP contribution in [-0.2, 0) is 11.3 Å². The minimum atomic E-state index is -0.267. The Bertz CT molecular complexity index is 395. The topological polar surface area (TPSA) is 32.3 Å². The van der Waals surface area contributed by atoms with Crippen LogP contribution in [0.2, 0.25) is 0 Å². The summed E-state index contributed by atoms with van der Waals surface area (Å²) in [5.74, 6) is -0.336. The van der Waals surface area contributed by atoms with Gasteiger partial charge in [0.1, 0.15) is 5.82 Å². The smallest absolute Gasteiger partial charge is 0.226 e. The van der Waals surface area contributed by atoms with E-state index in [1.807, 2.05) is 13.8 Å². The van der Waals surface area contributed by atoms with Gasteiger partial charge in [0, 0.05) is 31.6 Å². The Morgan fingerprint density at radius 2 is 2.11 bits per heavy atom. The second-order valence-electron chi connectivity index (χ2n) is 4.49. The minimum absolute atomic E-state index is 0.0270. The normalized spacial score (nSPS) is 12.2. The third kappa shape index (κ3) is 4.11. The lowest BCUT2D eigenvalue weighted by molar-refractivity contribution is -0.134. The number of hydrogen-bond acceptors (Lipinski definition) is 2. The highest BCUT2D eigenvalue weighted by Crippen LogP contribution is 2.10. The number of nitrogens with zero attached hydrogens (tertiary/aromatic N) is 1. The van der Waals surface area contributed by atoms with E-state index < -0.39 is 0 Å². The van der Waals surface area contributed by atoms with Crippen LogP contribution in [0, 0.1) is 11.7 Å². The highest BCUT2D eigenvalue weighted by molar-refractivity contribution is 5.78. The van der Waals surface area contributed by atoms with Crippen molar-refractivity contribution in [3.8, 4) is 0 Å². The van der Waals surface area contributed by atoms with Crippen molar-refractivity contribution in [1.29, 1.82) is 0 Å². The van der Waals surface area contributed by atoms with Crippen LogP contribution >= 0.6 is 0 Å². The van der Waals surface area contributed by atoms with Crippen LogP contribution in [0.5, 0.6) is 0 Å². The first-order valence-corrected chi connectivity index (χ1v) is 6.25. The first-order valence-electron chi connectivity index (χ1n) is 6.25. The van der Waals surface area contributed by atoms with Crippen LogP contribution in [0.25, 0.3) is 0 Å². The Hall–Kier alpha value is -1.42. The van der Waals surface area contributed by atoms with Crippen molar-refractivity contribution in [2.75, 3.05) is 20.1 Å². The number of rotatable bonds is 6. The molecule has 3 nitrogen and oxygen atoms in total. The molecule has 18 heavy (non-hydrogen) atoms. The molecule has 0 aliphatic rings. The lowest BCUT2D eigenvalue weighted by Crippen LogP contribution is -2.36. The molecule has 1 amide bonds. The number of carbonyl (C=O) groups is 1. The van der Waals surface area contributed by atoms with E-state index >= 15 is 0 Å². The van der Waals surface area contributed by atoms with Gasteiger partial charge in [0.2, 0.25) is 5.91 Å². The summed E-state index contributed by atoms with van der Waals surface area (Å²) in [6, 6.07) is 6.54. The van der Waals surface area contributed by atoms with Crippen molar-refractivity contribution >= 4 is 5.91 Å². The standard InChI is InChI=1S/C14H21FN2O/c1-4-16-9-11(2)14(18)17(3)10-12-7-5-6-8-13(12)15/h5-8,11,16H,4,9-10H2,1-3H3. The molecule has 0 aliphatic carbocycles. The Morgan fingerprint density at radius 1 is 1.44 bits per heavy atom. The Labute approximate surface area is 108 Å². The predicted molar refractivity (Wildman–Crippen MR) is 70.6 cm³/mol. The Morgan fingerprint density at radius 3 is 2.72 bits per heavy atom. The number of halogens is 1. The van der Waals surface area contributed by atoms with Crippen molar-refractivity contribution in [1.82, 2.24) is 10.2 Å². The molecule has 4 heteroatoms. The van der Waals surface area contributed by atoms with E-state index in [0.717, 1.165) is 6.54 Å². The van der Waals surface area contributed by atoms with E-state index in [2.05, 4.69) is 5.32 Å². The molecule has 0 saturated heterocycles. The molecule has 0 saturated carbocycles. The largest absolute Gasteiger partial charge is 0.341 e. The van der Waals surface area contributed by atoms with Gasteiger partial charge in [-0.25, -0.2) is 4.39 Å². The lowest BCUT2D eigenvalue weighted by atomic mass is 10.1. The third-order valence-corrected chi connectivity index (χ3v) is 2.86. The van der Waals surface area contributed by atoms with Crippen LogP contribution in [0.1, 0.15) is 19.4 Å². The zero-order chi connectivity index (χ0) is 13.5. The van der Waals surface area contributed by atoms with Gasteiger partial charge in [-0.05, 0) is 12.6 Å². The summed E-state index contributed by atoms with van der Waals surface area (Å²) in [5.41, 5.74) is 0.545. The fourth-order valence-corrected chi connectivity index (χ4v) is 1.78. The van der Waals surface area contributed by atoms with Crippen molar-refractivity contribution in [3.63, 3.8) is 0 Å². The second kappa shape index (κ2) is 7.11. The van der Waals surface area contributed by atoms with Crippen molar-refractivity contribution in [3.05, 3.63) is 35.6 Å². The van der Waals surface area contributed by atoms with Gasteiger partial charge in [-0.3, -0.25) is 4.79 Å². The molecule has 0 aliphatic heterocycles. The molecule has 0 aromatic heterocycles. The molecular formula is C14H21FN2O. The van der Waals surface area contributed by atoms with Crippen LogP contribution in [0.3, 0.4) is 0 Å². The predicted octanol–water partition coefficient (Wildman–Crippen LogP) is 2.03. The average Bonchev–Trinajstić information content (AvgIpc) is 2.37. The SMILES string of the molecule is CCNCC(C)C(=O)N(C)Cc1ccccc1F. The number of carbonyl (C=O) groups excluding carboxylic acids is 1. The molecule has 1 unspecified atom stereocenters. The molecule has 1 aromatic rings. The molecule has 1 atom stereocenters. The first kappa shape index (κ1) is 14.6. The van der Waals surface area contributed by atoms with Crippen LogP contribution in [-0.4, -0.2) is 30.9 Å². The van der Waals surface area contributed by atoms with E-state index in [0.29, 0.717) is 18.7 Å². The van der Waals surface area contributed by atoms with Gasteiger partial charge >= 0.3 is 0 Å². The van der Waals surface area contributed by atoms with E-state index in [1.165, 1.54) is 6.07 Å². The summed E-state index contributed by atoms with van der Waals surface area (Å²) in [6.07, 6.45) is 0. The number of hydrogen-bond donors (Lipinski definition) is 1. The first-order chi connectivity index (χ1) is 8.56. The molecule has 1 N–H and O–H groups in total. The van der Waals surface area contributed by atoms with E-state index in [9.17, 15) is 9.18 Å². The summed E-state index contributed by atoms with van der Waals surface area (Å²) >= 11 is 0. The number of amides is 1. The highest BCUT2D eigenvalue weighted by Gasteiger charge is 2.17. The molecule has 1 aromatic carbocycles. The summed E-state index contributed by atoms with van der Waals surface area (Å²) in [4.78, 5) is 13.6. The summed E-state index contributed by atoms with van der Waals surface area (Å²) in [6.45, 7) is 5.68. The molecule has 1 rings (SSSR count). The maximum Gasteiger partial charge on any atom is 0.226 e. The van der Waals surface area contributed by atoms with Crippen LogP contribution in [0.15, 0.2) is 24.3 Å². The molecule has 0 spiro atoms. The summed E-state index contributed by atoms with van der Waals surface area (Å²) in [7, 11) is 1.71. The molecule has 0 fully saturated rings. The molecule has 100 valence electrons. The Balaban J connectivity index is 2.57. The van der Waals surface area contributed by atoms with E-state index in [4.69, 9.17) is 0 Å². The monoisotopic (exact) mass is 252 g/mol. The molecule has 0 radical (unpaired) electrons. The van der Waals surface area contributed by atoms with Crippen LogP contribution < -0.4 is 5.32 Å². The zero-order valence-corrected chi connectivity index (χ0v) is 11.2. The van der Waals surface area contributed by atoms with Gasteiger partial charge in [-0.2, -0.15) is 0 Å². The third-order valence-electron chi connectivity index (χ3n) is 2.86. The summed E-state index contributed by atoms with van der Waals surface area (Å²) < 4.78 is 13.5. The highest BCUT2D eigenvalue weighted by atomic mass is 19.1. The summed E-state index contributed by atoms with van der Waals surface area (Å²) in [5, 5.41) is 3.14. The molecule has 0 bridgehead atoms. The maximum absolute atomic E-state index is 13.5. The van der Waals surface area contributed by atoms with Crippen molar-refractivity contribution in [2.24, 2.45) is 5.92 Å². The van der Waals surface area contributed by atoms with Crippen LogP contribution in [0.4, 0.5) is 4.39 Å². The second-order valence-corrected chi connectivity index (χ2v) is 4.49. The number of nitrogens with one attached hydrogen (secondary N) is 1. The van der Waals surface area contributed by atoms with Gasteiger partial charge in [-0.1, -0.05) is 32.0 Å². The molecule has 0 heterocycles. The molecular weight excluding hydrogens is 231 g/mol. The fourth-order valence-electron chi connectivity index (χ4n) is 1.78. The van der Waals surface area contributed by atoms with E-state index in [1.54, 1.807) is 30.1 Å². The van der Waals surface area contributed by atoms with Gasteiger partial charge in [0.25, 0.3) is 0 Å². The Kier molecular flexibility index (Phi) is 5.78. The van der Waals surface area contributed by atoms with E-state index in [-0.39, 0.29) is 17.6 Å². The van der Waals surface area contributed by atoms with Gasteiger partial charge < -0.3 is 10.2 Å². The fraction of sp³-hybridized carbons (Fsp3) is 0.500. The average molecular weight is 252 g/mol. The maximum atomic E-state index is 13.5. The lowest BCUT2D eigenvalue weighted by Gasteiger charge is -2.21. The number of benzene rings is 1. The van der Waals surface area contributed by atoms with Gasteiger partial charge in [-0.15, -0.1) is 0 Å². The van der Waals surface area contributed by atoms with Gasteiger partial charge in [0.05, 0.1) is 0 Å². The van der Waals surface area contributed by atoms with Gasteiger partial charge in [0.15, 0.2) is 0 Å².